The quantitative estimate of drug-likeness (QED) is 0.182. The van der Waals surface area contributed by atoms with E-state index in [1.807, 2.05) is 0 Å². The van der Waals surface area contributed by atoms with E-state index in [0.717, 1.165) is 19.4 Å². The van der Waals surface area contributed by atoms with Crippen LogP contribution in [-0.4, -0.2) is 30.3 Å². The van der Waals surface area contributed by atoms with Crippen molar-refractivity contribution in [2.75, 3.05) is 13.7 Å². The van der Waals surface area contributed by atoms with E-state index >= 15 is 0 Å². The second-order valence-corrected chi connectivity index (χ2v) is 8.99. The molecule has 0 aromatic heterocycles. The van der Waals surface area contributed by atoms with Gasteiger partial charge in [-0.2, -0.15) is 0 Å². The number of carboxylic acids is 1. The molecule has 0 heterocycles. The van der Waals surface area contributed by atoms with Crippen LogP contribution in [0.15, 0.2) is 0 Å². The molecule has 0 aliphatic carbocycles. The van der Waals surface area contributed by atoms with Crippen molar-refractivity contribution in [2.24, 2.45) is 5.73 Å². The second kappa shape index (κ2) is 24.7. The van der Waals surface area contributed by atoms with Crippen molar-refractivity contribution in [3.05, 3.63) is 0 Å². The van der Waals surface area contributed by atoms with Gasteiger partial charge in [-0.25, -0.2) is 0 Å². The molecule has 0 aliphatic heterocycles. The molecule has 4 nitrogen and oxygen atoms in total. The molecule has 0 aliphatic rings. The number of nitrogens with two attached hydrogens (primary N) is 1. The Labute approximate surface area is 188 Å². The Hall–Kier alpha value is -0.610. The van der Waals surface area contributed by atoms with Crippen LogP contribution in [0.1, 0.15) is 143 Å². The lowest BCUT2D eigenvalue weighted by atomic mass is 9.88. The van der Waals surface area contributed by atoms with E-state index in [2.05, 4.69) is 13.8 Å². The molecule has 0 aromatic carbocycles. The molecule has 0 rings (SSSR count). The van der Waals surface area contributed by atoms with Gasteiger partial charge >= 0.3 is 5.97 Å². The highest BCUT2D eigenvalue weighted by Crippen LogP contribution is 2.22. The summed E-state index contributed by atoms with van der Waals surface area (Å²) in [7, 11) is 1.79. The molecule has 0 saturated carbocycles. The summed E-state index contributed by atoms with van der Waals surface area (Å²) in [4.78, 5) is 9.37. The average Bonchev–Trinajstić information content (AvgIpc) is 2.72. The first-order chi connectivity index (χ1) is 14.5. The van der Waals surface area contributed by atoms with E-state index < -0.39 is 5.97 Å². The molecule has 0 atom stereocenters. The number of carbonyl (C=O) groups is 1. The van der Waals surface area contributed by atoms with Gasteiger partial charge in [0.05, 0.1) is 6.61 Å². The highest BCUT2D eigenvalue weighted by molar-refractivity contribution is 5.66. The van der Waals surface area contributed by atoms with Crippen molar-refractivity contribution in [3.8, 4) is 0 Å². The minimum atomic E-state index is -0.745. The lowest BCUT2D eigenvalue weighted by Crippen LogP contribution is -2.44. The highest BCUT2D eigenvalue weighted by atomic mass is 16.5. The summed E-state index contributed by atoms with van der Waals surface area (Å²) >= 11 is 0. The van der Waals surface area contributed by atoms with Gasteiger partial charge in [0, 0.05) is 19.1 Å². The number of carboxylic acid groups (broad SMARTS) is 1. The third-order valence-electron chi connectivity index (χ3n) is 5.79. The number of unbranched alkanes of at least 4 members (excludes halogenated alkanes) is 14. The van der Waals surface area contributed by atoms with Gasteiger partial charge in [0.1, 0.15) is 0 Å². The summed E-state index contributed by atoms with van der Waals surface area (Å²) in [5, 5.41) is 7.72. The van der Waals surface area contributed by atoms with Crippen LogP contribution < -0.4 is 5.73 Å². The third kappa shape index (κ3) is 25.4. The molecule has 0 radical (unpaired) electrons. The van der Waals surface area contributed by atoms with Crippen molar-refractivity contribution in [2.45, 2.75) is 148 Å². The van der Waals surface area contributed by atoms with E-state index in [1.54, 1.807) is 14.0 Å². The summed E-state index contributed by atoms with van der Waals surface area (Å²) in [5.41, 5.74) is 6.56. The molecule has 0 amide bonds. The highest BCUT2D eigenvalue weighted by Gasteiger charge is 2.23. The van der Waals surface area contributed by atoms with Crippen molar-refractivity contribution in [3.63, 3.8) is 0 Å². The number of aliphatic carboxylic acids is 1. The van der Waals surface area contributed by atoms with Crippen LogP contribution in [0.25, 0.3) is 0 Å². The van der Waals surface area contributed by atoms with Crippen LogP contribution in [0.5, 0.6) is 0 Å². The fourth-order valence-electron chi connectivity index (χ4n) is 3.78. The average molecular weight is 430 g/mol. The second-order valence-electron chi connectivity index (χ2n) is 8.99. The standard InChI is InChI=1S/C23H49NO.C3H6O2/c1-4-6-8-10-12-14-16-18-20-23(24,22-25-3)21-19-17-15-13-11-9-7-5-2;1-2-3(4)5/h4-22,24H2,1-3H3;2H2,1H3,(H,4,5). The SMILES string of the molecule is CCC(=O)O.CCCCCCCCCCC(N)(CCCCCCCCCC)COC. The van der Waals surface area contributed by atoms with Gasteiger partial charge in [-0.15, -0.1) is 0 Å². The first-order valence-corrected chi connectivity index (χ1v) is 12.9. The zero-order valence-corrected chi connectivity index (χ0v) is 21.0. The normalized spacial score (nSPS) is 11.2. The molecule has 0 aromatic rings. The molecule has 3 N–H and O–H groups in total. The number of hydrogen-bond donors (Lipinski definition) is 2. The van der Waals surface area contributed by atoms with Crippen molar-refractivity contribution < 1.29 is 14.6 Å². The largest absolute Gasteiger partial charge is 0.481 e. The Morgan fingerprint density at radius 3 is 1.27 bits per heavy atom. The number of hydrogen-bond acceptors (Lipinski definition) is 3. The molecule has 0 bridgehead atoms. The lowest BCUT2D eigenvalue weighted by molar-refractivity contribution is -0.136. The van der Waals surface area contributed by atoms with Crippen LogP contribution in [0, 0.1) is 0 Å². The van der Waals surface area contributed by atoms with E-state index in [-0.39, 0.29) is 12.0 Å². The fraction of sp³-hybridized carbons (Fsp3) is 0.962. The van der Waals surface area contributed by atoms with Gasteiger partial charge in [-0.05, 0) is 12.8 Å². The predicted molar refractivity (Wildman–Crippen MR) is 131 cm³/mol. The zero-order chi connectivity index (χ0) is 22.9. The topological polar surface area (TPSA) is 72.5 Å². The van der Waals surface area contributed by atoms with Crippen LogP contribution in [0.3, 0.4) is 0 Å². The maximum Gasteiger partial charge on any atom is 0.303 e. The lowest BCUT2D eigenvalue weighted by Gasteiger charge is -2.29. The smallest absolute Gasteiger partial charge is 0.303 e. The first kappa shape index (κ1) is 31.6. The molecule has 0 spiro atoms. The Morgan fingerprint density at radius 2 is 1.00 bits per heavy atom. The van der Waals surface area contributed by atoms with Gasteiger partial charge in [-0.1, -0.05) is 124 Å². The van der Waals surface area contributed by atoms with Gasteiger partial charge in [0.2, 0.25) is 0 Å². The van der Waals surface area contributed by atoms with E-state index in [0.29, 0.717) is 0 Å². The molecule has 0 saturated heterocycles. The van der Waals surface area contributed by atoms with Crippen LogP contribution >= 0.6 is 0 Å². The van der Waals surface area contributed by atoms with Crippen LogP contribution in [0.4, 0.5) is 0 Å². The third-order valence-corrected chi connectivity index (χ3v) is 5.79. The molecule has 0 unspecified atom stereocenters. The first-order valence-electron chi connectivity index (χ1n) is 12.9. The number of rotatable bonds is 21. The minimum absolute atomic E-state index is 0.0842. The van der Waals surface area contributed by atoms with Crippen molar-refractivity contribution >= 4 is 5.97 Å². The summed E-state index contributed by atoms with van der Waals surface area (Å²) in [6.45, 7) is 6.88. The fourth-order valence-corrected chi connectivity index (χ4v) is 3.78. The summed E-state index contributed by atoms with van der Waals surface area (Å²) in [6, 6.07) is 0. The van der Waals surface area contributed by atoms with Gasteiger partial charge < -0.3 is 15.6 Å². The number of ether oxygens (including phenoxy) is 1. The molecular formula is C26H55NO3. The van der Waals surface area contributed by atoms with E-state index in [1.165, 1.54) is 103 Å². The van der Waals surface area contributed by atoms with Gasteiger partial charge in [0.25, 0.3) is 0 Å². The molecule has 30 heavy (non-hydrogen) atoms. The zero-order valence-electron chi connectivity index (χ0n) is 21.0. The maximum absolute atomic E-state index is 9.37. The summed E-state index contributed by atoms with van der Waals surface area (Å²) < 4.78 is 5.43. The molecule has 4 heteroatoms. The molecule has 182 valence electrons. The Bertz CT molecular complexity index is 327. The van der Waals surface area contributed by atoms with E-state index in [4.69, 9.17) is 15.6 Å². The Kier molecular flexibility index (Phi) is 26.0. The molecule has 0 fully saturated rings. The van der Waals surface area contributed by atoms with Crippen LogP contribution in [0.2, 0.25) is 0 Å². The summed E-state index contributed by atoms with van der Waals surface area (Å²) in [5.74, 6) is -0.745. The molecular weight excluding hydrogens is 374 g/mol. The van der Waals surface area contributed by atoms with E-state index in [9.17, 15) is 4.79 Å². The van der Waals surface area contributed by atoms with Gasteiger partial charge in [-0.3, -0.25) is 4.79 Å². The van der Waals surface area contributed by atoms with Gasteiger partial charge in [0.15, 0.2) is 0 Å². The summed E-state index contributed by atoms with van der Waals surface area (Å²) in [6.07, 6.45) is 24.4. The maximum atomic E-state index is 9.37. The van der Waals surface area contributed by atoms with Crippen molar-refractivity contribution in [1.82, 2.24) is 0 Å². The minimum Gasteiger partial charge on any atom is -0.481 e. The Morgan fingerprint density at radius 1 is 0.700 bits per heavy atom. The number of methoxy groups -OCH3 is 1. The predicted octanol–water partition coefficient (Wildman–Crippen LogP) is 7.87. The van der Waals surface area contributed by atoms with Crippen molar-refractivity contribution in [1.29, 1.82) is 0 Å². The Balaban J connectivity index is 0. The van der Waals surface area contributed by atoms with Crippen LogP contribution in [-0.2, 0) is 9.53 Å². The monoisotopic (exact) mass is 429 g/mol.